The average molecular weight is 430 g/mol. The molecular weight excluding hydrogens is 394 g/mol. The number of anilines is 1. The number of aliphatic hydroxyl groups excluding tert-OH is 1. The molecule has 1 aliphatic rings. The van der Waals surface area contributed by atoms with Crippen LogP contribution in [0.1, 0.15) is 67.7 Å². The molecule has 2 heterocycles. The predicted molar refractivity (Wildman–Crippen MR) is 120 cm³/mol. The molecule has 1 aromatic carbocycles. The number of hydrogen-bond acceptors (Lipinski definition) is 7. The van der Waals surface area contributed by atoms with Gasteiger partial charge in [0.25, 0.3) is 0 Å². The van der Waals surface area contributed by atoms with E-state index in [0.717, 1.165) is 62.3 Å². The number of rotatable bonds is 11. The molecule has 1 aromatic heterocycles. The number of benzene rings is 1. The van der Waals surface area contributed by atoms with E-state index in [1.807, 2.05) is 39.0 Å². The summed E-state index contributed by atoms with van der Waals surface area (Å²) >= 11 is 0. The fourth-order valence-electron chi connectivity index (χ4n) is 4.02. The van der Waals surface area contributed by atoms with E-state index in [1.54, 1.807) is 0 Å². The normalized spacial score (nSPS) is 15.8. The van der Waals surface area contributed by atoms with Crippen LogP contribution in [0, 0.1) is 18.8 Å². The van der Waals surface area contributed by atoms with Crippen molar-refractivity contribution in [1.29, 1.82) is 0 Å². The average Bonchev–Trinajstić information content (AvgIpc) is 3.26. The minimum Gasteiger partial charge on any atom is -0.494 e. The van der Waals surface area contributed by atoms with Crippen molar-refractivity contribution in [2.45, 2.75) is 59.3 Å². The van der Waals surface area contributed by atoms with Crippen LogP contribution in [0.25, 0.3) is 0 Å². The van der Waals surface area contributed by atoms with E-state index >= 15 is 0 Å². The molecule has 0 radical (unpaired) electrons. The molecule has 170 valence electrons. The lowest BCUT2D eigenvalue weighted by Gasteiger charge is -2.30. The summed E-state index contributed by atoms with van der Waals surface area (Å²) in [7, 11) is 0. The van der Waals surface area contributed by atoms with Gasteiger partial charge in [-0.15, -0.1) is 0 Å². The van der Waals surface area contributed by atoms with Gasteiger partial charge in [0.15, 0.2) is 11.6 Å². The predicted octanol–water partition coefficient (Wildman–Crippen LogP) is 4.22. The van der Waals surface area contributed by atoms with E-state index in [2.05, 4.69) is 15.0 Å². The first kappa shape index (κ1) is 23.3. The van der Waals surface area contributed by atoms with Crippen LogP contribution in [-0.4, -0.2) is 47.3 Å². The Morgan fingerprint density at radius 1 is 1.35 bits per heavy atom. The summed E-state index contributed by atoms with van der Waals surface area (Å²) in [5, 5.41) is 13.1. The standard InChI is InChI=1S/C24H35N3O4/c1-4-23-25-24(31-26-23)27-11-9-19(10-12-27)6-5-13-30-20-7-8-21(18(3)15-20)22(29)14-17(2)16-28/h7-8,15,17,19,28H,4-6,9-14,16H2,1-3H3/t17-/m0/s1. The molecule has 0 unspecified atom stereocenters. The van der Waals surface area contributed by atoms with E-state index in [1.165, 1.54) is 0 Å². The van der Waals surface area contributed by atoms with Crippen molar-refractivity contribution < 1.29 is 19.2 Å². The molecule has 7 heteroatoms. The SMILES string of the molecule is CCc1noc(N2CCC(CCCOc3ccc(C(=O)C[C@H](C)CO)c(C)c3)CC2)n1. The van der Waals surface area contributed by atoms with Crippen LogP contribution >= 0.6 is 0 Å². The second kappa shape index (κ2) is 11.3. The van der Waals surface area contributed by atoms with E-state index < -0.39 is 0 Å². The van der Waals surface area contributed by atoms with Crippen LogP contribution in [0.4, 0.5) is 6.01 Å². The number of piperidine rings is 1. The van der Waals surface area contributed by atoms with Crippen molar-refractivity contribution in [1.82, 2.24) is 10.1 Å². The first-order chi connectivity index (χ1) is 15.0. The van der Waals surface area contributed by atoms with Gasteiger partial charge in [0.1, 0.15) is 5.75 Å². The minimum absolute atomic E-state index is 0.0180. The number of ketones is 1. The van der Waals surface area contributed by atoms with Gasteiger partial charge in [-0.2, -0.15) is 4.98 Å². The molecule has 31 heavy (non-hydrogen) atoms. The smallest absolute Gasteiger partial charge is 0.324 e. The van der Waals surface area contributed by atoms with Gasteiger partial charge in [-0.1, -0.05) is 19.0 Å². The van der Waals surface area contributed by atoms with Crippen LogP contribution in [-0.2, 0) is 6.42 Å². The fraction of sp³-hybridized carbons (Fsp3) is 0.625. The lowest BCUT2D eigenvalue weighted by atomic mass is 9.92. The topological polar surface area (TPSA) is 88.7 Å². The molecule has 0 bridgehead atoms. The summed E-state index contributed by atoms with van der Waals surface area (Å²) in [4.78, 5) is 19.0. The number of aromatic nitrogens is 2. The highest BCUT2D eigenvalue weighted by atomic mass is 16.5. The van der Waals surface area contributed by atoms with Gasteiger partial charge >= 0.3 is 6.01 Å². The zero-order valence-corrected chi connectivity index (χ0v) is 19.0. The largest absolute Gasteiger partial charge is 0.494 e. The number of carbonyl (C=O) groups excluding carboxylic acids is 1. The van der Waals surface area contributed by atoms with Gasteiger partial charge in [-0.25, -0.2) is 0 Å². The highest BCUT2D eigenvalue weighted by molar-refractivity contribution is 5.97. The molecule has 0 aliphatic carbocycles. The second-order valence-corrected chi connectivity index (χ2v) is 8.66. The van der Waals surface area contributed by atoms with Crippen molar-refractivity contribution in [3.8, 4) is 5.75 Å². The Labute approximate surface area is 184 Å². The molecule has 0 amide bonds. The second-order valence-electron chi connectivity index (χ2n) is 8.66. The highest BCUT2D eigenvalue weighted by Gasteiger charge is 2.22. The van der Waals surface area contributed by atoms with Crippen LogP contribution in [0.5, 0.6) is 5.75 Å². The summed E-state index contributed by atoms with van der Waals surface area (Å²) < 4.78 is 11.3. The fourth-order valence-corrected chi connectivity index (χ4v) is 4.02. The van der Waals surface area contributed by atoms with Crippen molar-refractivity contribution >= 4 is 11.8 Å². The van der Waals surface area contributed by atoms with Crippen LogP contribution in [0.15, 0.2) is 22.7 Å². The third-order valence-corrected chi connectivity index (χ3v) is 6.03. The Balaban J connectivity index is 1.37. The summed E-state index contributed by atoms with van der Waals surface area (Å²) in [5.74, 6) is 2.33. The number of Topliss-reactive ketones (excluding diaryl/α,β-unsaturated/α-hetero) is 1. The molecule has 2 aromatic rings. The molecule has 1 atom stereocenters. The summed E-state index contributed by atoms with van der Waals surface area (Å²) in [6.45, 7) is 8.46. The van der Waals surface area contributed by atoms with Crippen LogP contribution < -0.4 is 9.64 Å². The number of aryl methyl sites for hydroxylation is 2. The highest BCUT2D eigenvalue weighted by Crippen LogP contribution is 2.26. The summed E-state index contributed by atoms with van der Waals surface area (Å²) in [5.41, 5.74) is 1.64. The van der Waals surface area contributed by atoms with Crippen LogP contribution in [0.3, 0.4) is 0 Å². The molecule has 1 fully saturated rings. The Hall–Kier alpha value is -2.41. The van der Waals surface area contributed by atoms with Gasteiger partial charge in [0.05, 0.1) is 6.61 Å². The molecular formula is C24H35N3O4. The quantitative estimate of drug-likeness (QED) is 0.423. The number of nitrogens with zero attached hydrogens (tertiary/aromatic N) is 3. The number of carbonyl (C=O) groups is 1. The number of hydrogen-bond donors (Lipinski definition) is 1. The Morgan fingerprint density at radius 2 is 2.13 bits per heavy atom. The maximum atomic E-state index is 12.3. The lowest BCUT2D eigenvalue weighted by Crippen LogP contribution is -2.34. The molecule has 1 aliphatic heterocycles. The molecule has 7 nitrogen and oxygen atoms in total. The molecule has 1 N–H and O–H groups in total. The van der Waals surface area contributed by atoms with E-state index in [0.29, 0.717) is 30.5 Å². The monoisotopic (exact) mass is 429 g/mol. The van der Waals surface area contributed by atoms with Crippen molar-refractivity contribution in [3.05, 3.63) is 35.2 Å². The molecule has 3 rings (SSSR count). The third-order valence-electron chi connectivity index (χ3n) is 6.03. The maximum absolute atomic E-state index is 12.3. The van der Waals surface area contributed by atoms with Gasteiger partial charge in [-0.3, -0.25) is 4.79 Å². The van der Waals surface area contributed by atoms with Gasteiger partial charge in [0, 0.05) is 38.1 Å². The van der Waals surface area contributed by atoms with Gasteiger partial charge < -0.3 is 19.3 Å². The Kier molecular flexibility index (Phi) is 8.46. The van der Waals surface area contributed by atoms with Crippen molar-refractivity contribution in [2.75, 3.05) is 31.2 Å². The summed E-state index contributed by atoms with van der Waals surface area (Å²) in [6, 6.07) is 6.30. The van der Waals surface area contributed by atoms with Crippen molar-refractivity contribution in [3.63, 3.8) is 0 Å². The Bertz CT molecular complexity index is 843. The number of aliphatic hydroxyl groups is 1. The zero-order chi connectivity index (χ0) is 22.2. The van der Waals surface area contributed by atoms with E-state index in [-0.39, 0.29) is 18.3 Å². The summed E-state index contributed by atoms with van der Waals surface area (Å²) in [6.07, 6.45) is 5.58. The third kappa shape index (κ3) is 6.53. The van der Waals surface area contributed by atoms with Crippen molar-refractivity contribution in [2.24, 2.45) is 11.8 Å². The van der Waals surface area contributed by atoms with Crippen LogP contribution in [0.2, 0.25) is 0 Å². The van der Waals surface area contributed by atoms with E-state index in [9.17, 15) is 4.79 Å². The van der Waals surface area contributed by atoms with E-state index in [4.69, 9.17) is 14.4 Å². The van der Waals surface area contributed by atoms with Gasteiger partial charge in [-0.05, 0) is 68.2 Å². The van der Waals surface area contributed by atoms with Gasteiger partial charge in [0.2, 0.25) is 0 Å². The first-order valence-corrected chi connectivity index (χ1v) is 11.4. The minimum atomic E-state index is -0.0180. The maximum Gasteiger partial charge on any atom is 0.324 e. The first-order valence-electron chi connectivity index (χ1n) is 11.4. The Morgan fingerprint density at radius 3 is 2.77 bits per heavy atom. The lowest BCUT2D eigenvalue weighted by molar-refractivity contribution is 0.0943. The molecule has 0 saturated carbocycles. The number of ether oxygens (including phenoxy) is 1. The zero-order valence-electron chi connectivity index (χ0n) is 19.0. The molecule has 0 spiro atoms. The molecule has 1 saturated heterocycles.